The maximum absolute atomic E-state index is 13.5. The Balaban J connectivity index is 0.000000435. The molecule has 0 saturated heterocycles. The van der Waals surface area contributed by atoms with Gasteiger partial charge >= 0.3 is 36.3 Å². The number of aliphatic carboxylic acids is 1. The number of aromatic hydroxyl groups is 2. The van der Waals surface area contributed by atoms with Gasteiger partial charge in [0.15, 0.2) is 0 Å². The molecule has 0 aliphatic carbocycles. The number of amides is 6. The van der Waals surface area contributed by atoms with Gasteiger partial charge in [0.25, 0.3) is 0 Å². The van der Waals surface area contributed by atoms with Gasteiger partial charge in [-0.15, -0.1) is 0 Å². The Morgan fingerprint density at radius 2 is 0.831 bits per heavy atom. The fourth-order valence-electron chi connectivity index (χ4n) is 8.38. The normalized spacial score (nSPS) is 12.5. The van der Waals surface area contributed by atoms with E-state index in [4.69, 9.17) is 23.7 Å². The van der Waals surface area contributed by atoms with Crippen LogP contribution < -0.4 is 31.9 Å². The second kappa shape index (κ2) is 34.0. The summed E-state index contributed by atoms with van der Waals surface area (Å²) in [5.74, 6) is -2.97. The molecule has 4 aromatic carbocycles. The number of carboxylic acid groups (broad SMARTS) is 1. The van der Waals surface area contributed by atoms with Crippen LogP contribution in [0.1, 0.15) is 125 Å². The lowest BCUT2D eigenvalue weighted by atomic mass is 9.95. The molecule has 454 valence electrons. The van der Waals surface area contributed by atoms with Gasteiger partial charge in [-0.1, -0.05) is 60.7 Å². The van der Waals surface area contributed by atoms with Gasteiger partial charge in [-0.05, 0) is 177 Å². The number of esters is 1. The van der Waals surface area contributed by atoms with Gasteiger partial charge in [0.05, 0.1) is 7.11 Å². The molecular formula is C61H84N6O16. The second-order valence-electron chi connectivity index (χ2n) is 21.9. The highest BCUT2D eigenvalue weighted by Gasteiger charge is 2.31. The van der Waals surface area contributed by atoms with Crippen molar-refractivity contribution in [3.05, 3.63) is 129 Å². The molecule has 22 nitrogen and oxygen atoms in total. The minimum atomic E-state index is -1.22. The molecule has 0 aromatic heterocycles. The number of benzene rings is 4. The number of hydrogen-bond donors (Lipinski definition) is 9. The van der Waals surface area contributed by atoms with E-state index in [9.17, 15) is 53.7 Å². The van der Waals surface area contributed by atoms with Gasteiger partial charge in [-0.25, -0.2) is 28.8 Å². The Morgan fingerprint density at radius 1 is 0.482 bits per heavy atom. The maximum Gasteiger partial charge on any atom is 0.408 e. The van der Waals surface area contributed by atoms with E-state index < -0.39 is 83.5 Å². The molecule has 0 saturated carbocycles. The minimum absolute atomic E-state index is 0.00659. The number of carbonyl (C=O) groups excluding carboxylic acids is 7. The van der Waals surface area contributed by atoms with Crippen LogP contribution in [0.4, 0.5) is 19.2 Å². The van der Waals surface area contributed by atoms with Crippen molar-refractivity contribution in [3.63, 3.8) is 0 Å². The Hall–Kier alpha value is -8.56. The van der Waals surface area contributed by atoms with Crippen molar-refractivity contribution < 1.29 is 77.4 Å². The molecule has 0 aliphatic rings. The summed E-state index contributed by atoms with van der Waals surface area (Å²) in [5.41, 5.74) is 4.72. The van der Waals surface area contributed by atoms with Crippen molar-refractivity contribution in [2.75, 3.05) is 20.2 Å². The number of ether oxygens (including phenoxy) is 5. The van der Waals surface area contributed by atoms with Crippen molar-refractivity contribution in [1.29, 1.82) is 0 Å². The van der Waals surface area contributed by atoms with Crippen LogP contribution in [0.15, 0.2) is 84.9 Å². The number of carbonyl (C=O) groups is 8. The molecule has 6 amide bonds. The van der Waals surface area contributed by atoms with E-state index in [1.165, 1.54) is 7.11 Å². The number of phenolic OH excluding ortho intramolecular Hbond substituents is 2. The largest absolute Gasteiger partial charge is 0.508 e. The molecule has 0 spiro atoms. The number of nitrogens with one attached hydrogen (secondary N) is 6. The van der Waals surface area contributed by atoms with Gasteiger partial charge in [0, 0.05) is 25.9 Å². The third-order valence-corrected chi connectivity index (χ3v) is 12.4. The standard InChI is InChI=1S/C31H43N3O8.C30H41N3O8/c1-20-16-23(35)17-21(2)24(20)18-26(34-30(39)41-19-22-12-8-7-9-13-22)27(36)33-25(28(37)40-6)14-10-11-15-32-29(38)42-31(3,4)5;1-19-15-22(34)16-20(2)23(19)17-25(33-29(39)40-18-21-11-7-6-8-12-21)26(35)32-24(27(36)37)13-9-10-14-31-28(38)41-30(3,4)5/h7-9,12-13,16-17,25-26,35H,10-11,14-15,18-19H2,1-6H3,(H,32,38)(H,33,36)(H,34,39);6-8,11-12,15-16,24-25,34H,9-10,13-14,17-18H2,1-5H3,(H,31,38)(H,32,35)(H,33,39)(H,36,37)/t25-,26-;24-,25-/m00/s1. The van der Waals surface area contributed by atoms with E-state index in [0.29, 0.717) is 43.4 Å². The molecule has 22 heteroatoms. The molecule has 4 rings (SSSR count). The first-order chi connectivity index (χ1) is 39.0. The summed E-state index contributed by atoms with van der Waals surface area (Å²) < 4.78 is 25.9. The Kier molecular flexibility index (Phi) is 28.2. The van der Waals surface area contributed by atoms with Gasteiger partial charge in [-0.3, -0.25) is 9.59 Å². The molecule has 0 aliphatic heterocycles. The molecule has 0 fully saturated rings. The number of rotatable bonds is 26. The van der Waals surface area contributed by atoms with E-state index in [0.717, 1.165) is 33.4 Å². The predicted octanol–water partition coefficient (Wildman–Crippen LogP) is 8.31. The molecule has 4 atom stereocenters. The fraction of sp³-hybridized carbons (Fsp3) is 0.475. The Labute approximate surface area is 486 Å². The first kappa shape index (κ1) is 68.7. The smallest absolute Gasteiger partial charge is 0.408 e. The van der Waals surface area contributed by atoms with Crippen molar-refractivity contribution >= 4 is 48.1 Å². The third kappa shape index (κ3) is 27.2. The molecule has 83 heavy (non-hydrogen) atoms. The lowest BCUT2D eigenvalue weighted by Gasteiger charge is -2.23. The van der Waals surface area contributed by atoms with Crippen molar-refractivity contribution in [3.8, 4) is 11.5 Å². The zero-order chi connectivity index (χ0) is 61.9. The lowest BCUT2D eigenvalue weighted by Crippen LogP contribution is -2.53. The van der Waals surface area contributed by atoms with Gasteiger partial charge < -0.3 is 70.9 Å². The SMILES string of the molecule is COC(=O)[C@H](CCCCNC(=O)OC(C)(C)C)NC(=O)[C@H](Cc1c(C)cc(O)cc1C)NC(=O)OCc1ccccc1.Cc1cc(O)cc(C)c1C[C@H](NC(=O)OCc1ccccc1)C(=O)N[C@@H](CCCCNC(=O)OC(C)(C)C)C(=O)O. The van der Waals surface area contributed by atoms with Gasteiger partial charge in [0.1, 0.15) is 60.1 Å². The monoisotopic (exact) mass is 1160 g/mol. The molecule has 0 bridgehead atoms. The predicted molar refractivity (Wildman–Crippen MR) is 309 cm³/mol. The topological polar surface area (TPSA) is 316 Å². The van der Waals surface area contributed by atoms with Crippen molar-refractivity contribution in [2.45, 2.75) is 169 Å². The average molecular weight is 1160 g/mol. The molecule has 4 aromatic rings. The zero-order valence-corrected chi connectivity index (χ0v) is 49.5. The number of unbranched alkanes of at least 4 members (excludes halogenated alkanes) is 2. The van der Waals surface area contributed by atoms with E-state index in [2.05, 4.69) is 31.9 Å². The molecule has 0 radical (unpaired) electrons. The summed E-state index contributed by atoms with van der Waals surface area (Å²) in [6.07, 6.45) is -0.324. The van der Waals surface area contributed by atoms with Crippen LogP contribution in [0.5, 0.6) is 11.5 Å². The van der Waals surface area contributed by atoms with E-state index in [-0.39, 0.29) is 56.9 Å². The van der Waals surface area contributed by atoms with Crippen LogP contribution in [-0.4, -0.2) is 119 Å². The highest BCUT2D eigenvalue weighted by molar-refractivity contribution is 5.90. The van der Waals surface area contributed by atoms with Gasteiger partial charge in [-0.2, -0.15) is 0 Å². The molecule has 0 unspecified atom stereocenters. The lowest BCUT2D eigenvalue weighted by molar-refractivity contribution is -0.145. The van der Waals surface area contributed by atoms with E-state index in [1.54, 1.807) is 106 Å². The van der Waals surface area contributed by atoms with Gasteiger partial charge in [0.2, 0.25) is 11.8 Å². The van der Waals surface area contributed by atoms with Crippen LogP contribution in [0.3, 0.4) is 0 Å². The van der Waals surface area contributed by atoms with Crippen LogP contribution in [0, 0.1) is 27.7 Å². The first-order valence-electron chi connectivity index (χ1n) is 27.4. The van der Waals surface area contributed by atoms with Crippen LogP contribution in [0.2, 0.25) is 0 Å². The summed E-state index contributed by atoms with van der Waals surface area (Å²) in [6.45, 7) is 18.3. The minimum Gasteiger partial charge on any atom is -0.508 e. The quantitative estimate of drug-likeness (QED) is 0.0162. The zero-order valence-electron chi connectivity index (χ0n) is 49.5. The number of carboxylic acids is 1. The average Bonchev–Trinajstić information content (AvgIpc) is 3.56. The molecular weight excluding hydrogens is 1070 g/mol. The second-order valence-corrected chi connectivity index (χ2v) is 21.9. The van der Waals surface area contributed by atoms with E-state index >= 15 is 0 Å². The van der Waals surface area contributed by atoms with Crippen LogP contribution in [0.25, 0.3) is 0 Å². The summed E-state index contributed by atoms with van der Waals surface area (Å²) in [7, 11) is 1.23. The fourth-order valence-corrected chi connectivity index (χ4v) is 8.38. The number of methoxy groups -OCH3 is 1. The number of phenols is 2. The summed E-state index contributed by atoms with van der Waals surface area (Å²) in [5, 5.41) is 45.3. The Bertz CT molecular complexity index is 2730. The van der Waals surface area contributed by atoms with Crippen molar-refractivity contribution in [1.82, 2.24) is 31.9 Å². The highest BCUT2D eigenvalue weighted by Crippen LogP contribution is 2.24. The maximum atomic E-state index is 13.5. The number of alkyl carbamates (subject to hydrolysis) is 4. The van der Waals surface area contributed by atoms with Crippen LogP contribution >= 0.6 is 0 Å². The summed E-state index contributed by atoms with van der Waals surface area (Å²) in [4.78, 5) is 100. The van der Waals surface area contributed by atoms with E-state index in [1.807, 2.05) is 48.5 Å². The third-order valence-electron chi connectivity index (χ3n) is 12.4. The van der Waals surface area contributed by atoms with Crippen molar-refractivity contribution in [2.24, 2.45) is 0 Å². The highest BCUT2D eigenvalue weighted by atomic mass is 16.6. The Morgan fingerprint density at radius 3 is 1.17 bits per heavy atom. The summed E-state index contributed by atoms with van der Waals surface area (Å²) in [6, 6.07) is 20.0. The van der Waals surface area contributed by atoms with Crippen LogP contribution in [-0.2, 0) is 68.9 Å². The summed E-state index contributed by atoms with van der Waals surface area (Å²) >= 11 is 0. The number of hydrogen-bond acceptors (Lipinski definition) is 15. The first-order valence-corrected chi connectivity index (χ1v) is 27.4. The molecule has 9 N–H and O–H groups in total. The number of aryl methyl sites for hydroxylation is 4. The molecule has 0 heterocycles.